The molecule has 0 aliphatic rings. The minimum atomic E-state index is 1.05. The molecule has 6 aromatic carbocycles. The van der Waals surface area contributed by atoms with Crippen LogP contribution < -0.4 is 0 Å². The molecular formula is C33H21NS. The number of rotatable bonds is 3. The molecule has 1 nitrogen and oxygen atoms in total. The van der Waals surface area contributed by atoms with Gasteiger partial charge in [0.1, 0.15) is 0 Å². The maximum absolute atomic E-state index is 5.07. The van der Waals surface area contributed by atoms with Gasteiger partial charge in [-0.05, 0) is 44.6 Å². The minimum Gasteiger partial charge on any atom is -0.255 e. The molecule has 2 heteroatoms. The van der Waals surface area contributed by atoms with Gasteiger partial charge in [-0.2, -0.15) is 0 Å². The zero-order valence-corrected chi connectivity index (χ0v) is 19.8. The van der Waals surface area contributed by atoms with Gasteiger partial charge in [-0.25, -0.2) is 0 Å². The van der Waals surface area contributed by atoms with Gasteiger partial charge in [0.15, 0.2) is 0 Å². The van der Waals surface area contributed by atoms with Gasteiger partial charge in [0.05, 0.1) is 5.52 Å². The first kappa shape index (κ1) is 20.3. The number of fused-ring (bicyclic) bond motifs is 5. The lowest BCUT2D eigenvalue weighted by Gasteiger charge is -2.18. The monoisotopic (exact) mass is 463 g/mol. The van der Waals surface area contributed by atoms with E-state index in [9.17, 15) is 0 Å². The quantitative estimate of drug-likeness (QED) is 0.191. The summed E-state index contributed by atoms with van der Waals surface area (Å²) in [5, 5.41) is 8.64. The van der Waals surface area contributed by atoms with Crippen molar-refractivity contribution in [3.8, 4) is 11.1 Å². The summed E-state index contributed by atoms with van der Waals surface area (Å²) in [6.45, 7) is 0. The van der Waals surface area contributed by atoms with Gasteiger partial charge in [0, 0.05) is 32.3 Å². The van der Waals surface area contributed by atoms with Crippen molar-refractivity contribution in [2.75, 3.05) is 0 Å². The lowest BCUT2D eigenvalue weighted by Crippen LogP contribution is -1.93. The summed E-state index contributed by atoms with van der Waals surface area (Å²) in [7, 11) is 0. The second-order valence-corrected chi connectivity index (χ2v) is 9.88. The van der Waals surface area contributed by atoms with Crippen LogP contribution in [0.3, 0.4) is 0 Å². The van der Waals surface area contributed by atoms with Crippen molar-refractivity contribution < 1.29 is 0 Å². The third-order valence-electron chi connectivity index (χ3n) is 6.71. The lowest BCUT2D eigenvalue weighted by atomic mass is 9.93. The normalized spacial score (nSPS) is 11.5. The molecule has 0 N–H and O–H groups in total. The van der Waals surface area contributed by atoms with E-state index in [-0.39, 0.29) is 0 Å². The molecule has 0 fully saturated rings. The first-order valence-electron chi connectivity index (χ1n) is 11.8. The second-order valence-electron chi connectivity index (χ2n) is 8.80. The maximum Gasteiger partial charge on any atom is 0.0804 e. The van der Waals surface area contributed by atoms with Crippen LogP contribution in [-0.2, 0) is 0 Å². The van der Waals surface area contributed by atoms with Crippen molar-refractivity contribution >= 4 is 55.0 Å². The van der Waals surface area contributed by atoms with Crippen molar-refractivity contribution in [3.05, 3.63) is 128 Å². The van der Waals surface area contributed by atoms with Gasteiger partial charge in [0.2, 0.25) is 0 Å². The number of benzene rings is 6. The molecule has 7 rings (SSSR count). The van der Waals surface area contributed by atoms with E-state index in [0.29, 0.717) is 0 Å². The largest absolute Gasteiger partial charge is 0.255 e. The van der Waals surface area contributed by atoms with Crippen LogP contribution in [-0.4, -0.2) is 4.98 Å². The van der Waals surface area contributed by atoms with Crippen molar-refractivity contribution in [2.45, 2.75) is 9.79 Å². The highest BCUT2D eigenvalue weighted by Crippen LogP contribution is 2.46. The summed E-state index contributed by atoms with van der Waals surface area (Å²) in [5.41, 5.74) is 3.44. The fraction of sp³-hybridized carbons (Fsp3) is 0. The average molecular weight is 464 g/mol. The number of aromatic nitrogens is 1. The third kappa shape index (κ3) is 3.38. The van der Waals surface area contributed by atoms with E-state index in [1.807, 2.05) is 18.0 Å². The molecule has 0 amide bonds. The van der Waals surface area contributed by atoms with E-state index in [0.717, 1.165) is 10.9 Å². The number of hydrogen-bond acceptors (Lipinski definition) is 2. The fourth-order valence-electron chi connectivity index (χ4n) is 5.10. The average Bonchev–Trinajstić information content (AvgIpc) is 2.93. The standard InChI is InChI=1S/C33H21NS/c1-2-11-23(12-3-1)30-28-16-8-9-17-29(28)33(31-27-15-7-6-14-25(27)21-34-32(30)31)35-26-19-18-22-10-4-5-13-24(22)20-26/h1-21H. The van der Waals surface area contributed by atoms with Gasteiger partial charge in [-0.15, -0.1) is 0 Å². The van der Waals surface area contributed by atoms with Crippen molar-refractivity contribution in [3.63, 3.8) is 0 Å². The molecule has 7 aromatic rings. The molecule has 0 aliphatic heterocycles. The topological polar surface area (TPSA) is 12.9 Å². The molecular weight excluding hydrogens is 442 g/mol. The Labute approximate surface area is 208 Å². The van der Waals surface area contributed by atoms with Gasteiger partial charge < -0.3 is 0 Å². The summed E-state index contributed by atoms with van der Waals surface area (Å²) >= 11 is 1.84. The van der Waals surface area contributed by atoms with Crippen LogP contribution in [0.2, 0.25) is 0 Å². The SMILES string of the molecule is c1ccc(-c2c3ccccc3c(Sc3ccc4ccccc4c3)c3c2ncc2ccccc23)cc1. The van der Waals surface area contributed by atoms with Crippen LogP contribution in [0.25, 0.3) is 54.3 Å². The molecule has 0 saturated heterocycles. The van der Waals surface area contributed by atoms with Crippen LogP contribution in [0.5, 0.6) is 0 Å². The van der Waals surface area contributed by atoms with Crippen LogP contribution >= 0.6 is 11.8 Å². The molecule has 35 heavy (non-hydrogen) atoms. The molecule has 0 saturated carbocycles. The van der Waals surface area contributed by atoms with E-state index >= 15 is 0 Å². The van der Waals surface area contributed by atoms with Crippen LogP contribution in [0.1, 0.15) is 0 Å². The van der Waals surface area contributed by atoms with Gasteiger partial charge in [-0.1, -0.05) is 121 Å². The zero-order chi connectivity index (χ0) is 23.2. The van der Waals surface area contributed by atoms with Gasteiger partial charge in [0.25, 0.3) is 0 Å². The maximum atomic E-state index is 5.07. The van der Waals surface area contributed by atoms with Crippen molar-refractivity contribution in [1.82, 2.24) is 4.98 Å². The molecule has 0 spiro atoms. The Hall–Kier alpha value is -4.14. The summed E-state index contributed by atoms with van der Waals surface area (Å²) in [6, 6.07) is 43.3. The second kappa shape index (κ2) is 8.26. The highest BCUT2D eigenvalue weighted by Gasteiger charge is 2.19. The third-order valence-corrected chi connectivity index (χ3v) is 7.83. The Morgan fingerprint density at radius 3 is 2.00 bits per heavy atom. The molecule has 164 valence electrons. The minimum absolute atomic E-state index is 1.05. The molecule has 0 aliphatic carbocycles. The van der Waals surface area contributed by atoms with E-state index in [4.69, 9.17) is 4.98 Å². The highest BCUT2D eigenvalue weighted by molar-refractivity contribution is 7.99. The van der Waals surface area contributed by atoms with E-state index in [2.05, 4.69) is 121 Å². The summed E-state index contributed by atoms with van der Waals surface area (Å²) < 4.78 is 0. The van der Waals surface area contributed by atoms with Crippen LogP contribution in [0, 0.1) is 0 Å². The van der Waals surface area contributed by atoms with E-state index in [1.165, 1.54) is 53.2 Å². The fourth-order valence-corrected chi connectivity index (χ4v) is 6.25. The van der Waals surface area contributed by atoms with Gasteiger partial charge in [-0.3, -0.25) is 4.98 Å². The molecule has 1 aromatic heterocycles. The molecule has 0 radical (unpaired) electrons. The zero-order valence-electron chi connectivity index (χ0n) is 19.0. The Kier molecular flexibility index (Phi) is 4.78. The Morgan fingerprint density at radius 2 is 1.17 bits per heavy atom. The molecule has 1 heterocycles. The van der Waals surface area contributed by atoms with Crippen molar-refractivity contribution in [2.24, 2.45) is 0 Å². The summed E-state index contributed by atoms with van der Waals surface area (Å²) in [5.74, 6) is 0. The van der Waals surface area contributed by atoms with E-state index < -0.39 is 0 Å². The van der Waals surface area contributed by atoms with Crippen LogP contribution in [0.15, 0.2) is 137 Å². The number of nitrogens with zero attached hydrogens (tertiary/aromatic N) is 1. The Bertz CT molecular complexity index is 1870. The Morgan fingerprint density at radius 1 is 0.514 bits per heavy atom. The van der Waals surface area contributed by atoms with Crippen molar-refractivity contribution in [1.29, 1.82) is 0 Å². The summed E-state index contributed by atoms with van der Waals surface area (Å²) in [4.78, 5) is 7.57. The number of hydrogen-bond donors (Lipinski definition) is 0. The first-order chi connectivity index (χ1) is 17.4. The summed E-state index contributed by atoms with van der Waals surface area (Å²) in [6.07, 6.45) is 2.02. The van der Waals surface area contributed by atoms with Crippen LogP contribution in [0.4, 0.5) is 0 Å². The van der Waals surface area contributed by atoms with Gasteiger partial charge >= 0.3 is 0 Å². The van der Waals surface area contributed by atoms with E-state index in [1.54, 1.807) is 0 Å². The molecule has 0 unspecified atom stereocenters. The predicted octanol–water partition coefficient (Wildman–Crippen LogP) is 9.51. The highest BCUT2D eigenvalue weighted by atomic mass is 32.2. The lowest BCUT2D eigenvalue weighted by molar-refractivity contribution is 1.42. The predicted molar refractivity (Wildman–Crippen MR) is 150 cm³/mol. The number of pyridine rings is 1. The molecule has 0 bridgehead atoms. The Balaban J connectivity index is 1.61. The molecule has 0 atom stereocenters. The first-order valence-corrected chi connectivity index (χ1v) is 12.6. The smallest absolute Gasteiger partial charge is 0.0804 e.